The van der Waals surface area contributed by atoms with Gasteiger partial charge in [-0.25, -0.2) is 4.39 Å². The Morgan fingerprint density at radius 2 is 2.19 bits per heavy atom. The molecule has 0 bridgehead atoms. The van der Waals surface area contributed by atoms with Gasteiger partial charge in [0.2, 0.25) is 0 Å². The molecule has 0 aliphatic rings. The van der Waals surface area contributed by atoms with Crippen molar-refractivity contribution < 1.29 is 9.50 Å². The summed E-state index contributed by atoms with van der Waals surface area (Å²) in [4.78, 5) is 2.48. The number of aryl methyl sites for hydroxylation is 1. The zero-order valence-electron chi connectivity index (χ0n) is 8.84. The summed E-state index contributed by atoms with van der Waals surface area (Å²) in [5.74, 6) is -0.712. The molecule has 0 saturated carbocycles. The highest BCUT2D eigenvalue weighted by molar-refractivity contribution is 5.27. The molecule has 1 unspecified atom stereocenters. The number of aliphatic hydroxyl groups is 1. The largest absolute Gasteiger partial charge is 0.381 e. The molecule has 0 aliphatic carbocycles. The van der Waals surface area contributed by atoms with Gasteiger partial charge in [-0.1, -0.05) is 34.9 Å². The third-order valence-electron chi connectivity index (χ3n) is 2.09. The lowest BCUT2D eigenvalue weighted by Gasteiger charge is -2.08. The predicted octanol–water partition coefficient (Wildman–Crippen LogP) is 3.19. The zero-order chi connectivity index (χ0) is 12.0. The van der Waals surface area contributed by atoms with Crippen molar-refractivity contribution in [2.45, 2.75) is 13.0 Å². The fourth-order valence-corrected chi connectivity index (χ4v) is 1.18. The summed E-state index contributed by atoms with van der Waals surface area (Å²) in [5.41, 5.74) is 9.52. The average molecular weight is 221 g/mol. The zero-order valence-corrected chi connectivity index (χ0v) is 8.84. The van der Waals surface area contributed by atoms with Gasteiger partial charge in [0.25, 0.3) is 0 Å². The minimum atomic E-state index is -1.30. The maximum absolute atomic E-state index is 13.3. The van der Waals surface area contributed by atoms with Crippen molar-refractivity contribution >= 4 is 0 Å². The Hall–Kier alpha value is -1.84. The van der Waals surface area contributed by atoms with Crippen LogP contribution in [-0.2, 0) is 0 Å². The number of rotatable bonds is 4. The van der Waals surface area contributed by atoms with Crippen molar-refractivity contribution in [3.8, 4) is 0 Å². The quantitative estimate of drug-likeness (QED) is 0.473. The lowest BCUT2D eigenvalue weighted by atomic mass is 10.1. The van der Waals surface area contributed by atoms with E-state index in [0.717, 1.165) is 11.6 Å². The summed E-state index contributed by atoms with van der Waals surface area (Å²) in [5, 5.41) is 12.8. The molecule has 1 aromatic carbocycles. The molecular weight excluding hydrogens is 209 g/mol. The van der Waals surface area contributed by atoms with Gasteiger partial charge >= 0.3 is 0 Å². The number of hydrogen-bond donors (Lipinski definition) is 1. The molecule has 0 spiro atoms. The molecule has 1 N–H and O–H groups in total. The highest BCUT2D eigenvalue weighted by atomic mass is 19.1. The smallest absolute Gasteiger partial charge is 0.130 e. The molecule has 5 heteroatoms. The fourth-order valence-electron chi connectivity index (χ4n) is 1.18. The van der Waals surface area contributed by atoms with E-state index in [-0.39, 0.29) is 6.54 Å². The summed E-state index contributed by atoms with van der Waals surface area (Å²) in [7, 11) is 0. The van der Waals surface area contributed by atoms with Gasteiger partial charge in [-0.05, 0) is 24.1 Å². The van der Waals surface area contributed by atoms with E-state index in [2.05, 4.69) is 10.0 Å². The van der Waals surface area contributed by atoms with Gasteiger partial charge in [-0.15, -0.1) is 0 Å². The second-order valence-electron chi connectivity index (χ2n) is 3.32. The van der Waals surface area contributed by atoms with Gasteiger partial charge in [0.15, 0.2) is 0 Å². The lowest BCUT2D eigenvalue weighted by molar-refractivity contribution is 0.185. The van der Waals surface area contributed by atoms with Gasteiger partial charge in [-0.3, -0.25) is 0 Å². The van der Waals surface area contributed by atoms with E-state index < -0.39 is 11.9 Å². The van der Waals surface area contributed by atoms with Gasteiger partial charge in [0.05, 0.1) is 0 Å². The minimum Gasteiger partial charge on any atom is -0.381 e. The predicted molar refractivity (Wildman–Crippen MR) is 59.3 cm³/mol. The Morgan fingerprint density at radius 1 is 1.56 bits per heavy atom. The topological polar surface area (TPSA) is 69.0 Å². The highest BCUT2D eigenvalue weighted by Crippen LogP contribution is 2.22. The van der Waals surface area contributed by atoms with Crippen LogP contribution in [0.4, 0.5) is 4.39 Å². The van der Waals surface area contributed by atoms with Crippen molar-refractivity contribution in [3.63, 3.8) is 0 Å². The highest BCUT2D eigenvalue weighted by Gasteiger charge is 2.11. The van der Waals surface area contributed by atoms with E-state index in [9.17, 15) is 9.50 Å². The van der Waals surface area contributed by atoms with Crippen LogP contribution in [0.15, 0.2) is 41.3 Å². The third kappa shape index (κ3) is 3.38. The molecule has 84 valence electrons. The number of aliphatic hydroxyl groups excluding tert-OH is 1. The Bertz CT molecular complexity index is 421. The Labute approximate surface area is 92.7 Å². The fraction of sp³-hybridized carbons (Fsp3) is 0.273. The first kappa shape index (κ1) is 12.2. The maximum Gasteiger partial charge on any atom is 0.130 e. The van der Waals surface area contributed by atoms with Crippen LogP contribution in [0.2, 0.25) is 0 Å². The molecule has 0 radical (unpaired) electrons. The van der Waals surface area contributed by atoms with Gasteiger partial charge in [0, 0.05) is 11.5 Å². The van der Waals surface area contributed by atoms with Crippen LogP contribution in [0.3, 0.4) is 0 Å². The first-order valence-corrected chi connectivity index (χ1v) is 4.76. The number of hydrogen-bond acceptors (Lipinski definition) is 2. The summed E-state index contributed by atoms with van der Waals surface area (Å²) in [6.07, 6.45) is -0.237. The van der Waals surface area contributed by atoms with Gasteiger partial charge in [-0.2, -0.15) is 0 Å². The van der Waals surface area contributed by atoms with E-state index in [1.54, 1.807) is 24.3 Å². The van der Waals surface area contributed by atoms with E-state index in [0.29, 0.717) is 5.56 Å². The summed E-state index contributed by atoms with van der Waals surface area (Å²) in [6, 6.07) is 6.89. The number of azide groups is 1. The first-order valence-electron chi connectivity index (χ1n) is 4.76. The third-order valence-corrected chi connectivity index (χ3v) is 2.09. The second kappa shape index (κ2) is 5.90. The van der Waals surface area contributed by atoms with Crippen molar-refractivity contribution in [2.75, 3.05) is 6.54 Å². The molecule has 0 aliphatic heterocycles. The Balaban J connectivity index is 2.76. The monoisotopic (exact) mass is 221 g/mol. The SMILES string of the molecule is Cc1ccc(C(O)/C(F)=C/CN=[N+]=[N-])cc1. The minimum absolute atomic E-state index is 0.106. The number of halogens is 1. The molecule has 0 heterocycles. The summed E-state index contributed by atoms with van der Waals surface area (Å²) < 4.78 is 13.3. The van der Waals surface area contributed by atoms with Crippen LogP contribution < -0.4 is 0 Å². The van der Waals surface area contributed by atoms with E-state index in [4.69, 9.17) is 5.53 Å². The van der Waals surface area contributed by atoms with Crippen LogP contribution in [0, 0.1) is 6.92 Å². The Kier molecular flexibility index (Phi) is 4.51. The second-order valence-corrected chi connectivity index (χ2v) is 3.32. The average Bonchev–Trinajstić information content (AvgIpc) is 2.29. The molecule has 0 aromatic heterocycles. The van der Waals surface area contributed by atoms with Crippen LogP contribution in [0.1, 0.15) is 17.2 Å². The summed E-state index contributed by atoms with van der Waals surface area (Å²) in [6.45, 7) is 1.80. The van der Waals surface area contributed by atoms with Crippen molar-refractivity contribution in [1.29, 1.82) is 0 Å². The maximum atomic E-state index is 13.3. The van der Waals surface area contributed by atoms with E-state index in [1.807, 2.05) is 6.92 Å². The number of benzene rings is 1. The molecule has 16 heavy (non-hydrogen) atoms. The number of nitrogens with zero attached hydrogens (tertiary/aromatic N) is 3. The normalized spacial score (nSPS) is 13.1. The van der Waals surface area contributed by atoms with Crippen molar-refractivity contribution in [2.24, 2.45) is 5.11 Å². The molecule has 0 saturated heterocycles. The van der Waals surface area contributed by atoms with E-state index in [1.165, 1.54) is 0 Å². The van der Waals surface area contributed by atoms with Crippen molar-refractivity contribution in [3.05, 3.63) is 57.7 Å². The molecular formula is C11H12FN3O. The van der Waals surface area contributed by atoms with Crippen molar-refractivity contribution in [1.82, 2.24) is 0 Å². The van der Waals surface area contributed by atoms with Crippen LogP contribution in [-0.4, -0.2) is 11.7 Å². The van der Waals surface area contributed by atoms with Crippen LogP contribution >= 0.6 is 0 Å². The molecule has 0 fully saturated rings. The molecule has 1 atom stereocenters. The van der Waals surface area contributed by atoms with Crippen LogP contribution in [0.25, 0.3) is 10.4 Å². The van der Waals surface area contributed by atoms with Crippen LogP contribution in [0.5, 0.6) is 0 Å². The van der Waals surface area contributed by atoms with Gasteiger partial charge in [0.1, 0.15) is 11.9 Å². The standard InChI is InChI=1S/C11H12FN3O/c1-8-2-4-9(5-3-8)11(16)10(12)6-7-14-15-13/h2-6,11,16H,7H2,1H3/b10-6-. The molecule has 0 amide bonds. The molecule has 1 aromatic rings. The molecule has 4 nitrogen and oxygen atoms in total. The summed E-state index contributed by atoms with van der Waals surface area (Å²) >= 11 is 0. The molecule has 1 rings (SSSR count). The van der Waals surface area contributed by atoms with Gasteiger partial charge < -0.3 is 5.11 Å². The first-order chi connectivity index (χ1) is 7.65. The lowest BCUT2D eigenvalue weighted by Crippen LogP contribution is -1.98. The van der Waals surface area contributed by atoms with E-state index >= 15 is 0 Å². The Morgan fingerprint density at radius 3 is 2.75 bits per heavy atom.